The van der Waals surface area contributed by atoms with Gasteiger partial charge in [0, 0.05) is 18.8 Å². The SMILES string of the molecule is CC1CCNCC1NC(=O)c1cnc(-c2ccccn2)s1.Cl.Cl. The molecule has 2 N–H and O–H groups in total. The summed E-state index contributed by atoms with van der Waals surface area (Å²) >= 11 is 1.38. The molecule has 2 atom stereocenters. The Bertz CT molecular complexity index is 623. The fourth-order valence-electron chi connectivity index (χ4n) is 2.41. The van der Waals surface area contributed by atoms with Crippen molar-refractivity contribution in [3.05, 3.63) is 35.5 Å². The zero-order valence-electron chi connectivity index (χ0n) is 12.7. The highest BCUT2D eigenvalue weighted by Gasteiger charge is 2.24. The molecule has 1 saturated heterocycles. The molecule has 0 spiro atoms. The molecule has 0 aromatic carbocycles. The molecule has 23 heavy (non-hydrogen) atoms. The minimum atomic E-state index is -0.0461. The summed E-state index contributed by atoms with van der Waals surface area (Å²) in [6, 6.07) is 5.86. The summed E-state index contributed by atoms with van der Waals surface area (Å²) < 4.78 is 0. The Morgan fingerprint density at radius 2 is 2.17 bits per heavy atom. The number of pyridine rings is 1. The molecule has 3 rings (SSSR count). The lowest BCUT2D eigenvalue weighted by Gasteiger charge is -2.29. The van der Waals surface area contributed by atoms with Crippen LogP contribution in [0.4, 0.5) is 0 Å². The molecular weight excluding hydrogens is 355 g/mol. The molecular formula is C15H20Cl2N4OS. The van der Waals surface area contributed by atoms with E-state index in [1.807, 2.05) is 18.2 Å². The number of rotatable bonds is 3. The first kappa shape index (κ1) is 19.8. The second-order valence-electron chi connectivity index (χ2n) is 5.29. The maximum absolute atomic E-state index is 12.3. The molecule has 1 aliphatic rings. The third-order valence-electron chi connectivity index (χ3n) is 3.76. The molecule has 1 aliphatic heterocycles. The summed E-state index contributed by atoms with van der Waals surface area (Å²) in [7, 11) is 0. The summed E-state index contributed by atoms with van der Waals surface area (Å²) in [6.07, 6.45) is 4.45. The van der Waals surface area contributed by atoms with Crippen molar-refractivity contribution < 1.29 is 4.79 Å². The van der Waals surface area contributed by atoms with Gasteiger partial charge in [-0.2, -0.15) is 0 Å². The van der Waals surface area contributed by atoms with E-state index in [0.717, 1.165) is 30.2 Å². The predicted molar refractivity (Wildman–Crippen MR) is 97.7 cm³/mol. The van der Waals surface area contributed by atoms with Gasteiger partial charge in [0.2, 0.25) is 0 Å². The highest BCUT2D eigenvalue weighted by atomic mass is 35.5. The number of hydrogen-bond donors (Lipinski definition) is 2. The van der Waals surface area contributed by atoms with Crippen LogP contribution in [-0.2, 0) is 0 Å². The van der Waals surface area contributed by atoms with Gasteiger partial charge in [0.25, 0.3) is 5.91 Å². The number of aromatic nitrogens is 2. The van der Waals surface area contributed by atoms with E-state index in [2.05, 4.69) is 27.5 Å². The van der Waals surface area contributed by atoms with Crippen molar-refractivity contribution in [2.75, 3.05) is 13.1 Å². The molecule has 2 aromatic heterocycles. The van der Waals surface area contributed by atoms with Gasteiger partial charge in [-0.3, -0.25) is 9.78 Å². The van der Waals surface area contributed by atoms with Crippen LogP contribution in [0.15, 0.2) is 30.6 Å². The topological polar surface area (TPSA) is 66.9 Å². The van der Waals surface area contributed by atoms with Gasteiger partial charge in [0.1, 0.15) is 9.88 Å². The average Bonchev–Trinajstić information content (AvgIpc) is 3.00. The normalized spacial score (nSPS) is 20.0. The van der Waals surface area contributed by atoms with Crippen LogP contribution < -0.4 is 10.6 Å². The van der Waals surface area contributed by atoms with Crippen LogP contribution in [0.5, 0.6) is 0 Å². The molecule has 3 heterocycles. The van der Waals surface area contributed by atoms with Gasteiger partial charge in [-0.1, -0.05) is 13.0 Å². The second-order valence-corrected chi connectivity index (χ2v) is 6.33. The quantitative estimate of drug-likeness (QED) is 0.866. The monoisotopic (exact) mass is 374 g/mol. The number of thiazole rings is 1. The highest BCUT2D eigenvalue weighted by molar-refractivity contribution is 7.16. The second kappa shape index (κ2) is 9.17. The van der Waals surface area contributed by atoms with Crippen molar-refractivity contribution in [1.29, 1.82) is 0 Å². The molecule has 1 amide bonds. The molecule has 2 aromatic rings. The fourth-order valence-corrected chi connectivity index (χ4v) is 3.21. The molecule has 8 heteroatoms. The van der Waals surface area contributed by atoms with Gasteiger partial charge in [-0.25, -0.2) is 4.98 Å². The van der Waals surface area contributed by atoms with E-state index in [4.69, 9.17) is 0 Å². The Labute approximate surface area is 152 Å². The van der Waals surface area contributed by atoms with Crippen molar-refractivity contribution in [3.8, 4) is 10.7 Å². The number of carbonyl (C=O) groups excluding carboxylic acids is 1. The Hall–Kier alpha value is -1.21. The molecule has 0 saturated carbocycles. The van der Waals surface area contributed by atoms with Crippen molar-refractivity contribution >= 4 is 42.1 Å². The molecule has 1 fully saturated rings. The van der Waals surface area contributed by atoms with Crippen LogP contribution in [0.25, 0.3) is 10.7 Å². The number of nitrogens with one attached hydrogen (secondary N) is 2. The number of hydrogen-bond acceptors (Lipinski definition) is 5. The zero-order valence-corrected chi connectivity index (χ0v) is 15.1. The van der Waals surface area contributed by atoms with Gasteiger partial charge in [0.05, 0.1) is 11.9 Å². The van der Waals surface area contributed by atoms with Gasteiger partial charge in [-0.05, 0) is 31.0 Å². The summed E-state index contributed by atoms with van der Waals surface area (Å²) in [6.45, 7) is 4.04. The molecule has 0 aliphatic carbocycles. The first-order valence-electron chi connectivity index (χ1n) is 7.13. The minimum Gasteiger partial charge on any atom is -0.347 e. The number of halogens is 2. The lowest BCUT2D eigenvalue weighted by molar-refractivity contribution is 0.0919. The van der Waals surface area contributed by atoms with E-state index < -0.39 is 0 Å². The van der Waals surface area contributed by atoms with Crippen molar-refractivity contribution in [2.45, 2.75) is 19.4 Å². The summed E-state index contributed by atoms with van der Waals surface area (Å²) in [5.74, 6) is 0.452. The van der Waals surface area contributed by atoms with Crippen molar-refractivity contribution in [2.24, 2.45) is 5.92 Å². The average molecular weight is 375 g/mol. The molecule has 0 bridgehead atoms. The largest absolute Gasteiger partial charge is 0.347 e. The maximum atomic E-state index is 12.3. The molecule has 0 radical (unpaired) electrons. The number of amides is 1. The maximum Gasteiger partial charge on any atom is 0.263 e. The molecule has 126 valence electrons. The van der Waals surface area contributed by atoms with E-state index in [-0.39, 0.29) is 36.8 Å². The van der Waals surface area contributed by atoms with Crippen molar-refractivity contribution in [1.82, 2.24) is 20.6 Å². The first-order chi connectivity index (χ1) is 10.2. The Morgan fingerprint density at radius 1 is 1.35 bits per heavy atom. The van der Waals surface area contributed by atoms with Crippen LogP contribution in [0.3, 0.4) is 0 Å². The lowest BCUT2D eigenvalue weighted by atomic mass is 9.95. The third-order valence-corrected chi connectivity index (χ3v) is 4.78. The van der Waals surface area contributed by atoms with Crippen LogP contribution in [-0.4, -0.2) is 35.0 Å². The van der Waals surface area contributed by atoms with Crippen LogP contribution in [0.2, 0.25) is 0 Å². The fraction of sp³-hybridized carbons (Fsp3) is 0.400. The lowest BCUT2D eigenvalue weighted by Crippen LogP contribution is -2.50. The van der Waals surface area contributed by atoms with Crippen LogP contribution >= 0.6 is 36.2 Å². The van der Waals surface area contributed by atoms with Gasteiger partial charge < -0.3 is 10.6 Å². The summed E-state index contributed by atoms with van der Waals surface area (Å²) in [4.78, 5) is 21.5. The smallest absolute Gasteiger partial charge is 0.263 e. The molecule has 5 nitrogen and oxygen atoms in total. The van der Waals surface area contributed by atoms with Gasteiger partial charge in [-0.15, -0.1) is 36.2 Å². The summed E-state index contributed by atoms with van der Waals surface area (Å²) in [5, 5.41) is 7.19. The predicted octanol–water partition coefficient (Wildman–Crippen LogP) is 2.78. The van der Waals surface area contributed by atoms with E-state index in [1.54, 1.807) is 12.4 Å². The zero-order chi connectivity index (χ0) is 14.7. The van der Waals surface area contributed by atoms with Crippen LogP contribution in [0.1, 0.15) is 23.0 Å². The number of carbonyl (C=O) groups is 1. The summed E-state index contributed by atoms with van der Waals surface area (Å²) in [5.41, 5.74) is 0.800. The van der Waals surface area contributed by atoms with Crippen LogP contribution in [0, 0.1) is 5.92 Å². The third kappa shape index (κ3) is 4.88. The van der Waals surface area contributed by atoms with Gasteiger partial charge >= 0.3 is 0 Å². The highest BCUT2D eigenvalue weighted by Crippen LogP contribution is 2.23. The molecule has 2 unspecified atom stereocenters. The first-order valence-corrected chi connectivity index (χ1v) is 7.94. The Kier molecular flexibility index (Phi) is 7.91. The number of nitrogens with zero attached hydrogens (tertiary/aromatic N) is 2. The standard InChI is InChI=1S/C15H18N4OS.2ClH/c1-10-5-7-16-8-12(10)19-14(20)13-9-18-15(21-13)11-4-2-3-6-17-11;;/h2-4,6,9-10,12,16H,5,7-8H2,1H3,(H,19,20);2*1H. The minimum absolute atomic E-state index is 0. The van der Waals surface area contributed by atoms with E-state index in [0.29, 0.717) is 10.8 Å². The van der Waals surface area contributed by atoms with E-state index in [1.165, 1.54) is 11.3 Å². The van der Waals surface area contributed by atoms with E-state index >= 15 is 0 Å². The Morgan fingerprint density at radius 3 is 2.87 bits per heavy atom. The van der Waals surface area contributed by atoms with Crippen molar-refractivity contribution in [3.63, 3.8) is 0 Å². The Balaban J connectivity index is 0.00000132. The van der Waals surface area contributed by atoms with E-state index in [9.17, 15) is 4.79 Å². The van der Waals surface area contributed by atoms with Gasteiger partial charge in [0.15, 0.2) is 0 Å². The number of piperidine rings is 1.